The maximum Gasteiger partial charge on any atom is 0.270 e. The number of nitrogens with zero attached hydrogens (tertiary/aromatic N) is 4. The number of nitro benzene ring substituents is 1. The van der Waals surface area contributed by atoms with Gasteiger partial charge in [0.05, 0.1) is 25.7 Å². The third-order valence-electron chi connectivity index (χ3n) is 4.66. The van der Waals surface area contributed by atoms with E-state index in [1.165, 1.54) is 29.5 Å². The average Bonchev–Trinajstić information content (AvgIpc) is 3.08. The molecule has 7 nitrogen and oxygen atoms in total. The van der Waals surface area contributed by atoms with Gasteiger partial charge in [0.1, 0.15) is 0 Å². The zero-order chi connectivity index (χ0) is 22.0. The highest BCUT2D eigenvalue weighted by Crippen LogP contribution is 2.34. The number of anilines is 1. The number of halogens is 2. The second-order valence-corrected chi connectivity index (χ2v) is 8.85. The molecule has 1 aromatic heterocycles. The van der Waals surface area contributed by atoms with E-state index >= 15 is 0 Å². The minimum atomic E-state index is -0.534. The number of benzene rings is 2. The van der Waals surface area contributed by atoms with Crippen LogP contribution >= 0.6 is 35.3 Å². The van der Waals surface area contributed by atoms with Crippen molar-refractivity contribution < 1.29 is 9.72 Å². The van der Waals surface area contributed by atoms with Crippen LogP contribution in [0.1, 0.15) is 27.9 Å². The van der Waals surface area contributed by atoms with Gasteiger partial charge in [-0.15, -0.1) is 12.4 Å². The van der Waals surface area contributed by atoms with Crippen molar-refractivity contribution >= 4 is 62.3 Å². The summed E-state index contributed by atoms with van der Waals surface area (Å²) in [7, 11) is 3.93. The predicted molar refractivity (Wildman–Crippen MR) is 129 cm³/mol. The van der Waals surface area contributed by atoms with Gasteiger partial charge in [0, 0.05) is 18.7 Å². The van der Waals surface area contributed by atoms with Crippen LogP contribution in [0.3, 0.4) is 0 Å². The van der Waals surface area contributed by atoms with Crippen LogP contribution in [0.2, 0.25) is 5.02 Å². The van der Waals surface area contributed by atoms with Crippen LogP contribution in [0, 0.1) is 24.0 Å². The monoisotopic (exact) mass is 482 g/mol. The van der Waals surface area contributed by atoms with Gasteiger partial charge in [0.2, 0.25) is 0 Å². The van der Waals surface area contributed by atoms with Gasteiger partial charge in [0.25, 0.3) is 11.6 Å². The van der Waals surface area contributed by atoms with Gasteiger partial charge in [-0.2, -0.15) is 0 Å². The largest absolute Gasteiger partial charge is 0.309 e. The number of nitro groups is 1. The Morgan fingerprint density at radius 3 is 2.55 bits per heavy atom. The van der Waals surface area contributed by atoms with Gasteiger partial charge in [-0.3, -0.25) is 19.8 Å². The molecule has 10 heteroatoms. The van der Waals surface area contributed by atoms with Crippen molar-refractivity contribution in [3.8, 4) is 0 Å². The Bertz CT molecular complexity index is 1120. The standard InChI is InChI=1S/C21H23ClN4O3S.ClH/c1-13-10-14(2)19-18(11-13)23-21(30-19)25(9-5-8-24(3)4)20(27)16-12-15(26(28)29)6-7-17(16)22;/h6-7,10-12H,5,8-9H2,1-4H3;1H. The van der Waals surface area contributed by atoms with Crippen molar-refractivity contribution in [3.63, 3.8) is 0 Å². The molecule has 0 bridgehead atoms. The molecule has 0 aliphatic heterocycles. The van der Waals surface area contributed by atoms with Gasteiger partial charge in [-0.1, -0.05) is 29.0 Å². The molecule has 0 saturated heterocycles. The van der Waals surface area contributed by atoms with E-state index in [-0.39, 0.29) is 28.7 Å². The SMILES string of the molecule is Cc1cc(C)c2sc(N(CCCN(C)C)C(=O)c3cc([N+](=O)[O-])ccc3Cl)nc2c1.Cl. The average molecular weight is 483 g/mol. The van der Waals surface area contributed by atoms with Gasteiger partial charge >= 0.3 is 0 Å². The van der Waals surface area contributed by atoms with Crippen LogP contribution in [-0.2, 0) is 0 Å². The minimum absolute atomic E-state index is 0. The Kier molecular flexibility index (Phi) is 8.36. The fourth-order valence-electron chi connectivity index (χ4n) is 3.25. The highest BCUT2D eigenvalue weighted by atomic mass is 35.5. The topological polar surface area (TPSA) is 79.6 Å². The molecule has 0 aliphatic rings. The summed E-state index contributed by atoms with van der Waals surface area (Å²) in [5, 5.41) is 11.9. The summed E-state index contributed by atoms with van der Waals surface area (Å²) >= 11 is 7.68. The Balaban J connectivity index is 0.00000341. The lowest BCUT2D eigenvalue weighted by Crippen LogP contribution is -2.33. The first kappa shape index (κ1) is 25.0. The van der Waals surface area contributed by atoms with Crippen LogP contribution in [0.25, 0.3) is 10.2 Å². The molecule has 0 aliphatic carbocycles. The van der Waals surface area contributed by atoms with E-state index in [1.807, 2.05) is 38.9 Å². The third-order valence-corrected chi connectivity index (χ3v) is 6.22. The van der Waals surface area contributed by atoms with Gasteiger partial charge in [-0.25, -0.2) is 4.98 Å². The maximum atomic E-state index is 13.4. The van der Waals surface area contributed by atoms with E-state index in [9.17, 15) is 14.9 Å². The number of hydrogen-bond acceptors (Lipinski definition) is 6. The first-order valence-corrected chi connectivity index (χ1v) is 10.6. The highest BCUT2D eigenvalue weighted by molar-refractivity contribution is 7.22. The molecule has 2 aromatic carbocycles. The summed E-state index contributed by atoms with van der Waals surface area (Å²) in [4.78, 5) is 32.4. The Morgan fingerprint density at radius 1 is 1.19 bits per heavy atom. The van der Waals surface area contributed by atoms with Gasteiger partial charge in [-0.05, 0) is 64.2 Å². The zero-order valence-corrected chi connectivity index (χ0v) is 20.1. The van der Waals surface area contributed by atoms with Gasteiger partial charge < -0.3 is 4.90 Å². The Morgan fingerprint density at radius 2 is 1.90 bits per heavy atom. The van der Waals surface area contributed by atoms with Crippen molar-refractivity contribution in [1.29, 1.82) is 0 Å². The molecule has 0 fully saturated rings. The Labute approximate surface area is 196 Å². The number of rotatable bonds is 7. The van der Waals surface area contributed by atoms with Crippen LogP contribution in [0.15, 0.2) is 30.3 Å². The van der Waals surface area contributed by atoms with Gasteiger partial charge in [0.15, 0.2) is 5.13 Å². The van der Waals surface area contributed by atoms with E-state index < -0.39 is 10.8 Å². The smallest absolute Gasteiger partial charge is 0.270 e. The molecule has 0 spiro atoms. The first-order valence-electron chi connectivity index (χ1n) is 9.45. The number of fused-ring (bicyclic) bond motifs is 1. The molecule has 0 saturated carbocycles. The molecule has 31 heavy (non-hydrogen) atoms. The van der Waals surface area contributed by atoms with Crippen molar-refractivity contribution in [3.05, 3.63) is 62.2 Å². The summed E-state index contributed by atoms with van der Waals surface area (Å²) in [6, 6.07) is 7.98. The second kappa shape index (κ2) is 10.4. The third kappa shape index (κ3) is 5.71. The second-order valence-electron chi connectivity index (χ2n) is 7.46. The molecule has 0 atom stereocenters. The number of thiazole rings is 1. The molecule has 1 amide bonds. The molecule has 0 radical (unpaired) electrons. The molecule has 0 N–H and O–H groups in total. The number of aromatic nitrogens is 1. The number of aryl methyl sites for hydroxylation is 2. The fourth-order valence-corrected chi connectivity index (χ4v) is 4.48. The van der Waals surface area contributed by atoms with E-state index in [0.29, 0.717) is 11.7 Å². The number of carbonyl (C=O) groups is 1. The molecule has 0 unspecified atom stereocenters. The number of non-ortho nitro benzene ring substituents is 1. The zero-order valence-electron chi connectivity index (χ0n) is 17.7. The van der Waals surface area contributed by atoms with Crippen LogP contribution in [0.4, 0.5) is 10.8 Å². The number of hydrogen-bond donors (Lipinski definition) is 0. The fraction of sp³-hybridized carbons (Fsp3) is 0.333. The maximum absolute atomic E-state index is 13.4. The summed E-state index contributed by atoms with van der Waals surface area (Å²) in [6.45, 7) is 5.24. The minimum Gasteiger partial charge on any atom is -0.309 e. The Hall–Kier alpha value is -2.26. The van der Waals surface area contributed by atoms with Crippen molar-refractivity contribution in [2.45, 2.75) is 20.3 Å². The van der Waals surface area contributed by atoms with E-state index in [1.54, 1.807) is 4.90 Å². The van der Waals surface area contributed by atoms with Crippen molar-refractivity contribution in [2.24, 2.45) is 0 Å². The van der Waals surface area contributed by atoms with Crippen LogP contribution < -0.4 is 4.90 Å². The molecule has 3 rings (SSSR count). The van der Waals surface area contributed by atoms with Crippen molar-refractivity contribution in [2.75, 3.05) is 32.1 Å². The lowest BCUT2D eigenvalue weighted by Gasteiger charge is -2.21. The summed E-state index contributed by atoms with van der Waals surface area (Å²) in [6.07, 6.45) is 0.721. The highest BCUT2D eigenvalue weighted by Gasteiger charge is 2.25. The van der Waals surface area contributed by atoms with E-state index in [0.717, 1.165) is 34.3 Å². The molecule has 166 valence electrons. The molecule has 3 aromatic rings. The summed E-state index contributed by atoms with van der Waals surface area (Å²) in [5.74, 6) is -0.393. The lowest BCUT2D eigenvalue weighted by atomic mass is 10.1. The predicted octanol–water partition coefficient (Wildman–Crippen LogP) is 5.50. The molecular weight excluding hydrogens is 459 g/mol. The van der Waals surface area contributed by atoms with Crippen LogP contribution in [-0.4, -0.2) is 47.9 Å². The summed E-state index contributed by atoms with van der Waals surface area (Å²) < 4.78 is 1.02. The first-order chi connectivity index (χ1) is 14.2. The quantitative estimate of drug-likeness (QED) is 0.328. The normalized spacial score (nSPS) is 10.9. The molecular formula is C21H24Cl2N4O3S. The van der Waals surface area contributed by atoms with Crippen LogP contribution in [0.5, 0.6) is 0 Å². The lowest BCUT2D eigenvalue weighted by molar-refractivity contribution is -0.384. The van der Waals surface area contributed by atoms with E-state index in [2.05, 4.69) is 6.07 Å². The molecule has 1 heterocycles. The summed E-state index contributed by atoms with van der Waals surface area (Å²) in [5.41, 5.74) is 2.96. The van der Waals surface area contributed by atoms with E-state index in [4.69, 9.17) is 16.6 Å². The number of carbonyl (C=O) groups excluding carboxylic acids is 1. The van der Waals surface area contributed by atoms with Crippen molar-refractivity contribution in [1.82, 2.24) is 9.88 Å². The number of amides is 1.